The summed E-state index contributed by atoms with van der Waals surface area (Å²) in [6.45, 7) is 8.30. The van der Waals surface area contributed by atoms with E-state index in [0.717, 1.165) is 45.6 Å². The molecule has 1 aromatic heterocycles. The van der Waals surface area contributed by atoms with Crippen LogP contribution >= 0.6 is 0 Å². The van der Waals surface area contributed by atoms with E-state index in [1.54, 1.807) is 17.2 Å². The van der Waals surface area contributed by atoms with Gasteiger partial charge in [-0.3, -0.25) is 19.5 Å². The first-order valence-corrected chi connectivity index (χ1v) is 11.6. The summed E-state index contributed by atoms with van der Waals surface area (Å²) in [6.07, 6.45) is 3.52. The van der Waals surface area contributed by atoms with Gasteiger partial charge in [0.1, 0.15) is 0 Å². The second-order valence-electron chi connectivity index (χ2n) is 8.73. The van der Waals surface area contributed by atoms with Crippen LogP contribution in [0.2, 0.25) is 0 Å². The lowest BCUT2D eigenvalue weighted by Gasteiger charge is -2.51. The van der Waals surface area contributed by atoms with Crippen molar-refractivity contribution in [1.82, 2.24) is 14.8 Å². The van der Waals surface area contributed by atoms with Crippen LogP contribution in [0.4, 0.5) is 10.2 Å². The van der Waals surface area contributed by atoms with Gasteiger partial charge in [-0.2, -0.15) is 0 Å². The summed E-state index contributed by atoms with van der Waals surface area (Å²) in [5.41, 5.74) is 1.10. The third-order valence-electron chi connectivity index (χ3n) is 6.77. The van der Waals surface area contributed by atoms with Crippen molar-refractivity contribution in [3.63, 3.8) is 0 Å². The van der Waals surface area contributed by atoms with Crippen LogP contribution in [0.3, 0.4) is 0 Å². The topological polar surface area (TPSA) is 48.9 Å². The van der Waals surface area contributed by atoms with Crippen molar-refractivity contribution in [2.45, 2.75) is 38.3 Å². The molecule has 2 aliphatic heterocycles. The van der Waals surface area contributed by atoms with Crippen molar-refractivity contribution in [3.8, 4) is 0 Å². The van der Waals surface area contributed by atoms with Gasteiger partial charge in [-0.05, 0) is 30.5 Å². The van der Waals surface area contributed by atoms with E-state index in [4.69, 9.17) is 4.74 Å². The fourth-order valence-corrected chi connectivity index (χ4v) is 4.89. The molecule has 1 aromatic carbocycles. The Hall–Kier alpha value is -2.35. The molecule has 0 N–H and O–H groups in total. The number of hydrogen-bond acceptors (Lipinski definition) is 5. The molecule has 6 nitrogen and oxygen atoms in total. The highest BCUT2D eigenvalue weighted by molar-refractivity contribution is 5.92. The minimum atomic E-state index is -0.454. The average Bonchev–Trinajstić information content (AvgIpc) is 2.84. The van der Waals surface area contributed by atoms with Crippen LogP contribution in [-0.4, -0.2) is 72.2 Å². The zero-order chi connectivity index (χ0) is 22.4. The van der Waals surface area contributed by atoms with E-state index in [1.807, 2.05) is 13.0 Å². The molecule has 172 valence electrons. The Kier molecular flexibility index (Phi) is 7.50. The van der Waals surface area contributed by atoms with Crippen LogP contribution in [-0.2, 0) is 16.1 Å². The molecule has 0 bridgehead atoms. The molecule has 2 fully saturated rings. The molecule has 0 radical (unpaired) electrons. The fourth-order valence-electron chi connectivity index (χ4n) is 4.89. The van der Waals surface area contributed by atoms with E-state index in [0.29, 0.717) is 26.2 Å². The number of amides is 1. The number of ether oxygens (including phenoxy) is 1. The van der Waals surface area contributed by atoms with Crippen molar-refractivity contribution in [1.29, 1.82) is 0 Å². The SMILES string of the molecule is CCC(=O)N(CC1(N2CCN(Cc3ccccc3)CC2)CCOCC1)c1ncccc1F. The Bertz CT molecular complexity index is 881. The van der Waals surface area contributed by atoms with Crippen LogP contribution in [0.5, 0.6) is 0 Å². The van der Waals surface area contributed by atoms with Crippen molar-refractivity contribution in [2.24, 2.45) is 0 Å². The molecule has 4 rings (SSSR count). The summed E-state index contributed by atoms with van der Waals surface area (Å²) in [4.78, 5) is 23.7. The third kappa shape index (κ3) is 5.17. The fraction of sp³-hybridized carbons (Fsp3) is 0.520. The predicted molar refractivity (Wildman–Crippen MR) is 123 cm³/mol. The maximum absolute atomic E-state index is 14.6. The number of benzene rings is 1. The Morgan fingerprint density at radius 2 is 1.81 bits per heavy atom. The van der Waals surface area contributed by atoms with Gasteiger partial charge in [0.25, 0.3) is 0 Å². The molecule has 0 spiro atoms. The molecular formula is C25H33FN4O2. The Morgan fingerprint density at radius 3 is 2.47 bits per heavy atom. The second-order valence-corrected chi connectivity index (χ2v) is 8.73. The molecule has 0 saturated carbocycles. The van der Waals surface area contributed by atoms with Crippen LogP contribution in [0.1, 0.15) is 31.7 Å². The number of halogens is 1. The Labute approximate surface area is 190 Å². The minimum Gasteiger partial charge on any atom is -0.381 e. The summed E-state index contributed by atoms with van der Waals surface area (Å²) >= 11 is 0. The summed E-state index contributed by atoms with van der Waals surface area (Å²) in [7, 11) is 0. The number of hydrogen-bond donors (Lipinski definition) is 0. The molecule has 7 heteroatoms. The molecule has 0 unspecified atom stereocenters. The van der Waals surface area contributed by atoms with Gasteiger partial charge in [-0.25, -0.2) is 9.37 Å². The maximum Gasteiger partial charge on any atom is 0.228 e. The highest BCUT2D eigenvalue weighted by Gasteiger charge is 2.42. The van der Waals surface area contributed by atoms with Crippen molar-refractivity contribution in [2.75, 3.05) is 50.8 Å². The van der Waals surface area contributed by atoms with Gasteiger partial charge in [0.2, 0.25) is 5.91 Å². The van der Waals surface area contributed by atoms with Gasteiger partial charge in [0.05, 0.1) is 0 Å². The molecular weight excluding hydrogens is 407 g/mol. The number of anilines is 1. The van der Waals surface area contributed by atoms with Gasteiger partial charge in [-0.15, -0.1) is 0 Å². The molecule has 32 heavy (non-hydrogen) atoms. The zero-order valence-electron chi connectivity index (χ0n) is 18.9. The van der Waals surface area contributed by atoms with E-state index < -0.39 is 5.82 Å². The van der Waals surface area contributed by atoms with Crippen LogP contribution in [0, 0.1) is 5.82 Å². The lowest BCUT2D eigenvalue weighted by atomic mass is 9.86. The lowest BCUT2D eigenvalue weighted by Crippen LogP contribution is -2.63. The standard InChI is InChI=1S/C25H33FN4O2/c1-2-23(31)30(24-22(26)9-6-12-27-24)20-25(10-17-32-18-11-25)29-15-13-28(14-16-29)19-21-7-4-3-5-8-21/h3-9,12H,2,10-11,13-20H2,1H3. The molecule has 2 aromatic rings. The summed E-state index contributed by atoms with van der Waals surface area (Å²) in [5.74, 6) is -0.423. The van der Waals surface area contributed by atoms with Gasteiger partial charge in [-0.1, -0.05) is 37.3 Å². The molecule has 0 atom stereocenters. The first-order valence-electron chi connectivity index (χ1n) is 11.6. The number of rotatable bonds is 7. The smallest absolute Gasteiger partial charge is 0.228 e. The third-order valence-corrected chi connectivity index (χ3v) is 6.77. The monoisotopic (exact) mass is 440 g/mol. The number of nitrogens with zero attached hydrogens (tertiary/aromatic N) is 4. The van der Waals surface area contributed by atoms with E-state index in [-0.39, 0.29) is 17.3 Å². The first-order chi connectivity index (χ1) is 15.6. The highest BCUT2D eigenvalue weighted by atomic mass is 19.1. The van der Waals surface area contributed by atoms with Crippen LogP contribution in [0.15, 0.2) is 48.7 Å². The predicted octanol–water partition coefficient (Wildman–Crippen LogP) is 3.33. The molecule has 1 amide bonds. The van der Waals surface area contributed by atoms with Crippen molar-refractivity contribution < 1.29 is 13.9 Å². The molecule has 0 aliphatic carbocycles. The normalized spacial score (nSPS) is 19.6. The molecule has 2 saturated heterocycles. The second kappa shape index (κ2) is 10.5. The van der Waals surface area contributed by atoms with Gasteiger partial charge in [0.15, 0.2) is 11.6 Å². The number of piperazine rings is 1. The van der Waals surface area contributed by atoms with Gasteiger partial charge < -0.3 is 4.74 Å². The summed E-state index contributed by atoms with van der Waals surface area (Å²) in [5, 5.41) is 0. The average molecular weight is 441 g/mol. The lowest BCUT2D eigenvalue weighted by molar-refractivity contribution is -0.119. The highest BCUT2D eigenvalue weighted by Crippen LogP contribution is 2.32. The van der Waals surface area contributed by atoms with E-state index in [9.17, 15) is 9.18 Å². The molecule has 3 heterocycles. The molecule has 2 aliphatic rings. The van der Waals surface area contributed by atoms with Gasteiger partial charge in [0, 0.05) is 70.6 Å². The number of carbonyl (C=O) groups excluding carboxylic acids is 1. The van der Waals surface area contributed by atoms with Gasteiger partial charge >= 0.3 is 0 Å². The number of pyridine rings is 1. The van der Waals surface area contributed by atoms with E-state index in [1.165, 1.54) is 11.6 Å². The quantitative estimate of drug-likeness (QED) is 0.661. The zero-order valence-corrected chi connectivity index (χ0v) is 18.9. The minimum absolute atomic E-state index is 0.101. The van der Waals surface area contributed by atoms with E-state index >= 15 is 0 Å². The van der Waals surface area contributed by atoms with E-state index in [2.05, 4.69) is 39.0 Å². The Balaban J connectivity index is 1.51. The number of carbonyl (C=O) groups is 1. The summed E-state index contributed by atoms with van der Waals surface area (Å²) < 4.78 is 20.3. The first kappa shape index (κ1) is 22.8. The Morgan fingerprint density at radius 1 is 1.09 bits per heavy atom. The largest absolute Gasteiger partial charge is 0.381 e. The van der Waals surface area contributed by atoms with Crippen molar-refractivity contribution >= 4 is 11.7 Å². The van der Waals surface area contributed by atoms with Crippen LogP contribution in [0.25, 0.3) is 0 Å². The van der Waals surface area contributed by atoms with Crippen molar-refractivity contribution in [3.05, 3.63) is 60.0 Å². The number of aromatic nitrogens is 1. The maximum atomic E-state index is 14.6. The summed E-state index contributed by atoms with van der Waals surface area (Å²) in [6, 6.07) is 13.5. The van der Waals surface area contributed by atoms with Crippen LogP contribution < -0.4 is 4.90 Å².